The van der Waals surface area contributed by atoms with Crippen LogP contribution in [0.5, 0.6) is 0 Å². The number of nitrogens with zero attached hydrogens (tertiary/aromatic N) is 3. The molecule has 0 atom stereocenters. The Balaban J connectivity index is 2.15. The van der Waals surface area contributed by atoms with Gasteiger partial charge in [-0.05, 0) is 17.7 Å². The van der Waals surface area contributed by atoms with Crippen molar-refractivity contribution in [3.05, 3.63) is 59.8 Å². The fourth-order valence-electron chi connectivity index (χ4n) is 1.92. The first-order valence-electron chi connectivity index (χ1n) is 6.47. The average molecular weight is 267 g/mol. The normalized spacial score (nSPS) is 10.0. The summed E-state index contributed by atoms with van der Waals surface area (Å²) in [6, 6.07) is 16.0. The Kier molecular flexibility index (Phi) is 5.10. The molecule has 0 amide bonds. The predicted octanol–water partition coefficient (Wildman–Crippen LogP) is 2.61. The molecule has 1 aromatic heterocycles. The zero-order chi connectivity index (χ0) is 14.2. The highest BCUT2D eigenvalue weighted by Gasteiger charge is 2.08. The van der Waals surface area contributed by atoms with Gasteiger partial charge >= 0.3 is 0 Å². The molecule has 0 radical (unpaired) electrons. The molecule has 2 aromatic rings. The third-order valence-corrected chi connectivity index (χ3v) is 2.98. The molecule has 0 aliphatic rings. The molecule has 0 spiro atoms. The van der Waals surface area contributed by atoms with Crippen LogP contribution in [0.4, 0.5) is 5.82 Å². The van der Waals surface area contributed by atoms with Crippen LogP contribution in [0.15, 0.2) is 48.7 Å². The minimum atomic E-state index is 0.570. The van der Waals surface area contributed by atoms with Crippen LogP contribution in [0.3, 0.4) is 0 Å². The van der Waals surface area contributed by atoms with Crippen molar-refractivity contribution in [2.24, 2.45) is 0 Å². The molecule has 4 nitrogen and oxygen atoms in total. The molecule has 1 aromatic carbocycles. The second-order valence-electron chi connectivity index (χ2n) is 4.42. The zero-order valence-corrected chi connectivity index (χ0v) is 11.5. The van der Waals surface area contributed by atoms with Crippen LogP contribution in [0.25, 0.3) is 0 Å². The van der Waals surface area contributed by atoms with E-state index in [1.54, 1.807) is 19.4 Å². The number of hydrogen-bond donors (Lipinski definition) is 0. The van der Waals surface area contributed by atoms with Gasteiger partial charge in [-0.25, -0.2) is 4.98 Å². The Hall–Kier alpha value is -2.38. The van der Waals surface area contributed by atoms with Crippen molar-refractivity contribution in [3.63, 3.8) is 0 Å². The van der Waals surface area contributed by atoms with Crippen molar-refractivity contribution in [3.8, 4) is 6.07 Å². The number of methoxy groups -OCH3 is 1. The lowest BCUT2D eigenvalue weighted by atomic mass is 10.2. The first-order valence-corrected chi connectivity index (χ1v) is 6.47. The van der Waals surface area contributed by atoms with E-state index in [1.807, 2.05) is 24.3 Å². The van der Waals surface area contributed by atoms with Gasteiger partial charge in [0.2, 0.25) is 0 Å². The van der Waals surface area contributed by atoms with Gasteiger partial charge in [-0.1, -0.05) is 30.3 Å². The minimum absolute atomic E-state index is 0.570. The van der Waals surface area contributed by atoms with Crippen molar-refractivity contribution in [1.29, 1.82) is 5.26 Å². The standard InChI is InChI=1S/C16H17N3O/c1-20-10-9-19(13-14-5-3-2-4-6-14)16-8-7-15(11-17)12-18-16/h2-8,12H,9-10,13H2,1H3. The highest BCUT2D eigenvalue weighted by molar-refractivity contribution is 5.42. The summed E-state index contributed by atoms with van der Waals surface area (Å²) in [5, 5.41) is 8.82. The molecule has 4 heteroatoms. The molecule has 0 N–H and O–H groups in total. The van der Waals surface area contributed by atoms with Gasteiger partial charge in [-0.15, -0.1) is 0 Å². The second-order valence-corrected chi connectivity index (χ2v) is 4.42. The van der Waals surface area contributed by atoms with E-state index in [0.717, 1.165) is 18.9 Å². The van der Waals surface area contributed by atoms with Gasteiger partial charge in [-0.2, -0.15) is 5.26 Å². The highest BCUT2D eigenvalue weighted by atomic mass is 16.5. The topological polar surface area (TPSA) is 49.1 Å². The van der Waals surface area contributed by atoms with Crippen molar-refractivity contribution in [2.45, 2.75) is 6.54 Å². The van der Waals surface area contributed by atoms with Crippen LogP contribution >= 0.6 is 0 Å². The molecule has 102 valence electrons. The minimum Gasteiger partial charge on any atom is -0.383 e. The summed E-state index contributed by atoms with van der Waals surface area (Å²) in [6.45, 7) is 2.15. The SMILES string of the molecule is COCCN(Cc1ccccc1)c1ccc(C#N)cn1. The fraction of sp³-hybridized carbons (Fsp3) is 0.250. The number of anilines is 1. The predicted molar refractivity (Wildman–Crippen MR) is 78.3 cm³/mol. The maximum Gasteiger partial charge on any atom is 0.128 e. The van der Waals surface area contributed by atoms with Gasteiger partial charge in [0.15, 0.2) is 0 Å². The molecule has 0 saturated heterocycles. The lowest BCUT2D eigenvalue weighted by Crippen LogP contribution is -2.27. The van der Waals surface area contributed by atoms with Gasteiger partial charge in [0.25, 0.3) is 0 Å². The number of nitriles is 1. The summed E-state index contributed by atoms with van der Waals surface area (Å²) in [7, 11) is 1.69. The van der Waals surface area contributed by atoms with E-state index < -0.39 is 0 Å². The Labute approximate surface area is 119 Å². The van der Waals surface area contributed by atoms with E-state index in [9.17, 15) is 0 Å². The van der Waals surface area contributed by atoms with E-state index >= 15 is 0 Å². The van der Waals surface area contributed by atoms with Crippen LogP contribution in [0, 0.1) is 11.3 Å². The number of pyridine rings is 1. The lowest BCUT2D eigenvalue weighted by molar-refractivity contribution is 0.205. The van der Waals surface area contributed by atoms with Crippen molar-refractivity contribution in [1.82, 2.24) is 4.98 Å². The van der Waals surface area contributed by atoms with E-state index in [1.165, 1.54) is 5.56 Å². The van der Waals surface area contributed by atoms with Crippen LogP contribution < -0.4 is 4.90 Å². The third kappa shape index (κ3) is 3.81. The molecule has 0 aliphatic carbocycles. The average Bonchev–Trinajstić information content (AvgIpc) is 2.52. The zero-order valence-electron chi connectivity index (χ0n) is 11.5. The van der Waals surface area contributed by atoms with Crippen molar-refractivity contribution < 1.29 is 4.74 Å². The number of ether oxygens (including phenoxy) is 1. The Morgan fingerprint density at radius 1 is 1.20 bits per heavy atom. The second kappa shape index (κ2) is 7.27. The van der Waals surface area contributed by atoms with E-state index in [-0.39, 0.29) is 0 Å². The van der Waals surface area contributed by atoms with Gasteiger partial charge in [-0.3, -0.25) is 0 Å². The summed E-state index contributed by atoms with van der Waals surface area (Å²) in [4.78, 5) is 6.49. The monoisotopic (exact) mass is 267 g/mol. The van der Waals surface area contributed by atoms with Gasteiger partial charge in [0, 0.05) is 26.4 Å². The van der Waals surface area contributed by atoms with Gasteiger partial charge in [0.05, 0.1) is 12.2 Å². The maximum absolute atomic E-state index is 8.82. The van der Waals surface area contributed by atoms with Gasteiger partial charge in [0.1, 0.15) is 11.9 Å². The largest absolute Gasteiger partial charge is 0.383 e. The molecule has 20 heavy (non-hydrogen) atoms. The van der Waals surface area contributed by atoms with E-state index in [2.05, 4.69) is 28.1 Å². The Bertz CT molecular complexity index is 561. The van der Waals surface area contributed by atoms with E-state index in [0.29, 0.717) is 12.2 Å². The number of hydrogen-bond acceptors (Lipinski definition) is 4. The molecular weight excluding hydrogens is 250 g/mol. The molecule has 2 rings (SSSR count). The van der Waals surface area contributed by atoms with Crippen molar-refractivity contribution in [2.75, 3.05) is 25.2 Å². The Morgan fingerprint density at radius 3 is 2.60 bits per heavy atom. The molecule has 0 saturated carbocycles. The Morgan fingerprint density at radius 2 is 2.00 bits per heavy atom. The number of benzene rings is 1. The van der Waals surface area contributed by atoms with Gasteiger partial charge < -0.3 is 9.64 Å². The molecule has 0 bridgehead atoms. The van der Waals surface area contributed by atoms with E-state index in [4.69, 9.17) is 10.00 Å². The summed E-state index contributed by atoms with van der Waals surface area (Å²) in [5.41, 5.74) is 1.79. The van der Waals surface area contributed by atoms with Crippen LogP contribution in [-0.2, 0) is 11.3 Å². The summed E-state index contributed by atoms with van der Waals surface area (Å²) >= 11 is 0. The first kappa shape index (κ1) is 14.0. The summed E-state index contributed by atoms with van der Waals surface area (Å²) in [6.07, 6.45) is 1.60. The molecule has 0 aliphatic heterocycles. The highest BCUT2D eigenvalue weighted by Crippen LogP contribution is 2.14. The number of aromatic nitrogens is 1. The van der Waals surface area contributed by atoms with Crippen molar-refractivity contribution >= 4 is 5.82 Å². The molecule has 0 unspecified atom stereocenters. The fourth-order valence-corrected chi connectivity index (χ4v) is 1.92. The smallest absolute Gasteiger partial charge is 0.128 e. The first-order chi connectivity index (χ1) is 9.83. The third-order valence-electron chi connectivity index (χ3n) is 2.98. The van der Waals surface area contributed by atoms with Crippen LogP contribution in [0.1, 0.15) is 11.1 Å². The lowest BCUT2D eigenvalue weighted by Gasteiger charge is -2.23. The summed E-state index contributed by atoms with van der Waals surface area (Å²) in [5.74, 6) is 0.852. The number of rotatable bonds is 6. The van der Waals surface area contributed by atoms with Crippen LogP contribution in [-0.4, -0.2) is 25.2 Å². The summed E-state index contributed by atoms with van der Waals surface area (Å²) < 4.78 is 5.15. The molecule has 0 fully saturated rings. The molecule has 1 heterocycles. The maximum atomic E-state index is 8.82. The van der Waals surface area contributed by atoms with Crippen LogP contribution in [0.2, 0.25) is 0 Å². The molecular formula is C16H17N3O. The quantitative estimate of drug-likeness (QED) is 0.807.